The van der Waals surface area contributed by atoms with E-state index in [-0.39, 0.29) is 0 Å². The van der Waals surface area contributed by atoms with Crippen LogP contribution in [-0.2, 0) is 6.42 Å². The highest BCUT2D eigenvalue weighted by Gasteiger charge is 2.28. The fourth-order valence-electron chi connectivity index (χ4n) is 3.46. The summed E-state index contributed by atoms with van der Waals surface area (Å²) in [4.78, 5) is 13.9. The molecule has 1 fully saturated rings. The summed E-state index contributed by atoms with van der Waals surface area (Å²) < 4.78 is 0. The quantitative estimate of drug-likeness (QED) is 0.846. The predicted molar refractivity (Wildman–Crippen MR) is 85.2 cm³/mol. The van der Waals surface area contributed by atoms with Crippen LogP contribution < -0.4 is 9.80 Å². The lowest BCUT2D eigenvalue weighted by Crippen LogP contribution is -2.26. The van der Waals surface area contributed by atoms with E-state index in [1.54, 1.807) is 0 Å². The Balaban J connectivity index is 1.71. The molecule has 108 valence electrons. The van der Waals surface area contributed by atoms with Crippen molar-refractivity contribution in [3.8, 4) is 0 Å². The number of para-hydroxylation sites is 1. The van der Waals surface area contributed by atoms with Crippen molar-refractivity contribution in [1.82, 2.24) is 9.97 Å². The monoisotopic (exact) mass is 280 g/mol. The van der Waals surface area contributed by atoms with E-state index in [1.807, 2.05) is 12.3 Å². The third-order valence-corrected chi connectivity index (χ3v) is 4.47. The minimum Gasteiger partial charge on any atom is -0.341 e. The summed E-state index contributed by atoms with van der Waals surface area (Å²) in [5, 5.41) is 0. The minimum absolute atomic E-state index is 0.448. The molecule has 0 saturated carbocycles. The Morgan fingerprint density at radius 3 is 2.76 bits per heavy atom. The van der Waals surface area contributed by atoms with Crippen LogP contribution in [0.25, 0.3) is 0 Å². The van der Waals surface area contributed by atoms with E-state index in [4.69, 9.17) is 4.98 Å². The van der Waals surface area contributed by atoms with Crippen LogP contribution in [0, 0.1) is 0 Å². The number of nitrogens with zero attached hydrogens (tertiary/aromatic N) is 4. The van der Waals surface area contributed by atoms with Gasteiger partial charge in [-0.15, -0.1) is 0 Å². The van der Waals surface area contributed by atoms with Gasteiger partial charge in [-0.1, -0.05) is 18.2 Å². The van der Waals surface area contributed by atoms with Gasteiger partial charge >= 0.3 is 0 Å². The van der Waals surface area contributed by atoms with Crippen molar-refractivity contribution in [2.45, 2.75) is 32.2 Å². The van der Waals surface area contributed by atoms with Crippen molar-refractivity contribution >= 4 is 17.5 Å². The lowest BCUT2D eigenvalue weighted by Gasteiger charge is -2.25. The zero-order chi connectivity index (χ0) is 14.2. The number of benzene rings is 1. The molecule has 0 N–H and O–H groups in total. The van der Waals surface area contributed by atoms with Gasteiger partial charge in [0.1, 0.15) is 5.82 Å². The van der Waals surface area contributed by atoms with Crippen molar-refractivity contribution in [3.63, 3.8) is 0 Å². The number of anilines is 3. The average Bonchev–Trinajstić information content (AvgIpc) is 3.14. The highest BCUT2D eigenvalue weighted by Crippen LogP contribution is 2.37. The van der Waals surface area contributed by atoms with Crippen LogP contribution in [0.2, 0.25) is 0 Å². The number of fused-ring (bicyclic) bond motifs is 1. The topological polar surface area (TPSA) is 32.3 Å². The Labute approximate surface area is 125 Å². The van der Waals surface area contributed by atoms with Crippen molar-refractivity contribution in [1.29, 1.82) is 0 Å². The normalized spacial score (nSPS) is 20.9. The SMILES string of the molecule is CC1Cc2ccccc2N1c1ccnc(N2CCCC2)n1. The van der Waals surface area contributed by atoms with E-state index in [2.05, 4.69) is 46.0 Å². The first-order chi connectivity index (χ1) is 10.3. The van der Waals surface area contributed by atoms with Crippen molar-refractivity contribution in [2.75, 3.05) is 22.9 Å². The Kier molecular flexibility index (Phi) is 3.02. The first kappa shape index (κ1) is 12.6. The molecule has 0 amide bonds. The number of hydrogen-bond acceptors (Lipinski definition) is 4. The molecule has 1 atom stereocenters. The van der Waals surface area contributed by atoms with E-state index in [0.29, 0.717) is 6.04 Å². The zero-order valence-electron chi connectivity index (χ0n) is 12.4. The van der Waals surface area contributed by atoms with Crippen LogP contribution in [0.15, 0.2) is 36.5 Å². The maximum absolute atomic E-state index is 4.83. The Bertz CT molecular complexity index is 649. The molecule has 0 spiro atoms. The molecule has 0 aliphatic carbocycles. The second kappa shape index (κ2) is 5.02. The third kappa shape index (κ3) is 2.15. The van der Waals surface area contributed by atoms with Gasteiger partial charge < -0.3 is 9.80 Å². The van der Waals surface area contributed by atoms with Crippen molar-refractivity contribution in [3.05, 3.63) is 42.1 Å². The summed E-state index contributed by atoms with van der Waals surface area (Å²) in [5.74, 6) is 1.89. The molecule has 0 radical (unpaired) electrons. The summed E-state index contributed by atoms with van der Waals surface area (Å²) in [6.45, 7) is 4.42. The maximum atomic E-state index is 4.83. The fraction of sp³-hybridized carbons (Fsp3) is 0.412. The minimum atomic E-state index is 0.448. The summed E-state index contributed by atoms with van der Waals surface area (Å²) in [7, 11) is 0. The molecule has 4 nitrogen and oxygen atoms in total. The first-order valence-corrected chi connectivity index (χ1v) is 7.78. The van der Waals surface area contributed by atoms with Crippen LogP contribution in [0.1, 0.15) is 25.3 Å². The molecule has 1 unspecified atom stereocenters. The zero-order valence-corrected chi connectivity index (χ0v) is 12.4. The van der Waals surface area contributed by atoms with E-state index in [9.17, 15) is 0 Å². The largest absolute Gasteiger partial charge is 0.341 e. The molecule has 3 heterocycles. The number of rotatable bonds is 2. The summed E-state index contributed by atoms with van der Waals surface area (Å²) in [6, 6.07) is 11.1. The van der Waals surface area contributed by atoms with Crippen molar-refractivity contribution in [2.24, 2.45) is 0 Å². The van der Waals surface area contributed by atoms with Gasteiger partial charge in [0.2, 0.25) is 5.95 Å². The summed E-state index contributed by atoms with van der Waals surface area (Å²) in [5.41, 5.74) is 2.70. The van der Waals surface area contributed by atoms with Crippen LogP contribution in [-0.4, -0.2) is 29.1 Å². The second-order valence-electron chi connectivity index (χ2n) is 5.96. The molecule has 1 aromatic heterocycles. The Hall–Kier alpha value is -2.10. The van der Waals surface area contributed by atoms with Gasteiger partial charge in [-0.05, 0) is 43.9 Å². The van der Waals surface area contributed by atoms with Crippen LogP contribution in [0.5, 0.6) is 0 Å². The molecule has 4 rings (SSSR count). The molecule has 1 saturated heterocycles. The van der Waals surface area contributed by atoms with E-state index in [0.717, 1.165) is 31.3 Å². The van der Waals surface area contributed by atoms with Gasteiger partial charge in [0.05, 0.1) is 0 Å². The standard InChI is InChI=1S/C17H20N4/c1-13-12-14-6-2-3-7-15(14)21(13)16-8-9-18-17(19-16)20-10-4-5-11-20/h2-3,6-9,13H,4-5,10-12H2,1H3. The van der Waals surface area contributed by atoms with Gasteiger partial charge in [0.15, 0.2) is 0 Å². The van der Waals surface area contributed by atoms with E-state index in [1.165, 1.54) is 24.1 Å². The molecule has 2 aliphatic rings. The van der Waals surface area contributed by atoms with Crippen LogP contribution >= 0.6 is 0 Å². The van der Waals surface area contributed by atoms with E-state index < -0.39 is 0 Å². The summed E-state index contributed by atoms with van der Waals surface area (Å²) in [6.07, 6.45) is 5.47. The van der Waals surface area contributed by atoms with Crippen molar-refractivity contribution < 1.29 is 0 Å². The molecule has 1 aromatic carbocycles. The lowest BCUT2D eigenvalue weighted by atomic mass is 10.1. The van der Waals surface area contributed by atoms with Crippen LogP contribution in [0.3, 0.4) is 0 Å². The van der Waals surface area contributed by atoms with E-state index >= 15 is 0 Å². The highest BCUT2D eigenvalue weighted by atomic mass is 15.3. The molecule has 21 heavy (non-hydrogen) atoms. The second-order valence-corrected chi connectivity index (χ2v) is 5.96. The first-order valence-electron chi connectivity index (χ1n) is 7.78. The Morgan fingerprint density at radius 2 is 1.90 bits per heavy atom. The molecule has 0 bridgehead atoms. The third-order valence-electron chi connectivity index (χ3n) is 4.47. The lowest BCUT2D eigenvalue weighted by molar-refractivity contribution is 0.747. The molecular weight excluding hydrogens is 260 g/mol. The molecular formula is C17H20N4. The van der Waals surface area contributed by atoms with Gasteiger partial charge in [0, 0.05) is 31.0 Å². The predicted octanol–water partition coefficient (Wildman–Crippen LogP) is 3.16. The van der Waals surface area contributed by atoms with Gasteiger partial charge in [-0.3, -0.25) is 0 Å². The Morgan fingerprint density at radius 1 is 1.10 bits per heavy atom. The van der Waals surface area contributed by atoms with Crippen LogP contribution in [0.4, 0.5) is 17.5 Å². The maximum Gasteiger partial charge on any atom is 0.227 e. The smallest absolute Gasteiger partial charge is 0.227 e. The summed E-state index contributed by atoms with van der Waals surface area (Å²) >= 11 is 0. The molecule has 2 aromatic rings. The highest BCUT2D eigenvalue weighted by molar-refractivity contribution is 5.69. The number of hydrogen-bond donors (Lipinski definition) is 0. The van der Waals surface area contributed by atoms with Gasteiger partial charge in [0.25, 0.3) is 0 Å². The molecule has 4 heteroatoms. The average molecular weight is 280 g/mol. The number of aromatic nitrogens is 2. The van der Waals surface area contributed by atoms with Gasteiger partial charge in [-0.2, -0.15) is 4.98 Å². The van der Waals surface area contributed by atoms with Gasteiger partial charge in [-0.25, -0.2) is 4.98 Å². The molecule has 2 aliphatic heterocycles. The fourth-order valence-corrected chi connectivity index (χ4v) is 3.46.